The Bertz CT molecular complexity index is 973. The first-order valence-corrected chi connectivity index (χ1v) is 10.1. The third kappa shape index (κ3) is 4.90. The predicted octanol–water partition coefficient (Wildman–Crippen LogP) is 4.20. The fourth-order valence-electron chi connectivity index (χ4n) is 3.65. The Labute approximate surface area is 170 Å². The van der Waals surface area contributed by atoms with E-state index in [0.717, 1.165) is 42.7 Å². The second kappa shape index (κ2) is 8.57. The van der Waals surface area contributed by atoms with Crippen LogP contribution in [0.15, 0.2) is 53.1 Å². The van der Waals surface area contributed by atoms with Crippen molar-refractivity contribution in [2.75, 3.05) is 18.4 Å². The molecule has 0 spiro atoms. The van der Waals surface area contributed by atoms with Gasteiger partial charge in [0.25, 0.3) is 5.89 Å². The number of likely N-dealkylation sites (tertiary alicyclic amines) is 1. The maximum Gasteiger partial charge on any atom is 0.257 e. The van der Waals surface area contributed by atoms with Crippen LogP contribution in [-0.2, 0) is 11.3 Å². The lowest BCUT2D eigenvalue weighted by Gasteiger charge is -2.30. The second-order valence-electron chi connectivity index (χ2n) is 7.79. The summed E-state index contributed by atoms with van der Waals surface area (Å²) in [4.78, 5) is 19.4. The van der Waals surface area contributed by atoms with Crippen LogP contribution in [0.2, 0.25) is 0 Å². The number of amides is 1. The van der Waals surface area contributed by atoms with Crippen molar-refractivity contribution in [2.24, 2.45) is 5.92 Å². The van der Waals surface area contributed by atoms with E-state index in [2.05, 4.69) is 20.4 Å². The molecule has 0 radical (unpaired) electrons. The zero-order valence-corrected chi connectivity index (χ0v) is 16.9. The molecule has 0 atom stereocenters. The summed E-state index contributed by atoms with van der Waals surface area (Å²) in [6.45, 7) is 6.41. The first-order valence-electron chi connectivity index (χ1n) is 10.1. The summed E-state index contributed by atoms with van der Waals surface area (Å²) in [5, 5.41) is 7.17. The average molecular weight is 390 g/mol. The van der Waals surface area contributed by atoms with Crippen molar-refractivity contribution in [1.29, 1.82) is 0 Å². The summed E-state index contributed by atoms with van der Waals surface area (Å²) in [6, 6.07) is 16.0. The lowest BCUT2D eigenvalue weighted by molar-refractivity contribution is -0.121. The van der Waals surface area contributed by atoms with Gasteiger partial charge in [0, 0.05) is 17.2 Å². The Hall–Kier alpha value is -2.99. The van der Waals surface area contributed by atoms with Crippen LogP contribution in [0.4, 0.5) is 5.69 Å². The molecule has 4 rings (SSSR count). The molecule has 1 fully saturated rings. The van der Waals surface area contributed by atoms with Crippen LogP contribution in [0.3, 0.4) is 0 Å². The molecule has 6 heteroatoms. The summed E-state index contributed by atoms with van der Waals surface area (Å²) in [7, 11) is 0. The van der Waals surface area contributed by atoms with Gasteiger partial charge in [-0.05, 0) is 69.6 Å². The van der Waals surface area contributed by atoms with Gasteiger partial charge in [0.2, 0.25) is 5.91 Å². The minimum Gasteiger partial charge on any atom is -0.334 e. The third-order valence-corrected chi connectivity index (χ3v) is 5.38. The number of carbonyl (C=O) groups is 1. The van der Waals surface area contributed by atoms with E-state index < -0.39 is 0 Å². The highest BCUT2D eigenvalue weighted by Crippen LogP contribution is 2.22. The van der Waals surface area contributed by atoms with Crippen molar-refractivity contribution in [3.63, 3.8) is 0 Å². The van der Waals surface area contributed by atoms with Gasteiger partial charge in [-0.1, -0.05) is 35.0 Å². The summed E-state index contributed by atoms with van der Waals surface area (Å²) in [6.07, 6.45) is 1.67. The summed E-state index contributed by atoms with van der Waals surface area (Å²) in [5.41, 5.74) is 4.14. The number of hydrogen-bond acceptors (Lipinski definition) is 5. The Morgan fingerprint density at radius 3 is 2.59 bits per heavy atom. The van der Waals surface area contributed by atoms with Crippen LogP contribution < -0.4 is 5.32 Å². The molecular weight excluding hydrogens is 364 g/mol. The summed E-state index contributed by atoms with van der Waals surface area (Å²) in [5.74, 6) is 1.38. The van der Waals surface area contributed by atoms with E-state index in [9.17, 15) is 4.79 Å². The van der Waals surface area contributed by atoms with E-state index in [1.807, 2.05) is 62.4 Å². The van der Waals surface area contributed by atoms with Gasteiger partial charge in [0.15, 0.2) is 5.82 Å². The summed E-state index contributed by atoms with van der Waals surface area (Å²) >= 11 is 0. The number of aromatic nitrogens is 2. The van der Waals surface area contributed by atoms with E-state index in [0.29, 0.717) is 18.3 Å². The van der Waals surface area contributed by atoms with Crippen LogP contribution in [0.5, 0.6) is 0 Å². The number of aryl methyl sites for hydroxylation is 2. The van der Waals surface area contributed by atoms with Crippen molar-refractivity contribution in [2.45, 2.75) is 33.2 Å². The molecule has 0 saturated carbocycles. The van der Waals surface area contributed by atoms with Crippen LogP contribution in [0, 0.1) is 19.8 Å². The molecule has 1 aromatic heterocycles. The van der Waals surface area contributed by atoms with Crippen LogP contribution in [0.1, 0.15) is 29.8 Å². The molecule has 2 heterocycles. The Balaban J connectivity index is 1.29. The topological polar surface area (TPSA) is 71.3 Å². The number of nitrogens with one attached hydrogen (secondary N) is 1. The molecule has 1 N–H and O–H groups in total. The monoisotopic (exact) mass is 390 g/mol. The van der Waals surface area contributed by atoms with Gasteiger partial charge < -0.3 is 9.84 Å². The van der Waals surface area contributed by atoms with Gasteiger partial charge in [-0.25, -0.2) is 0 Å². The highest BCUT2D eigenvalue weighted by atomic mass is 16.5. The number of rotatable bonds is 5. The quantitative estimate of drug-likeness (QED) is 0.707. The van der Waals surface area contributed by atoms with Crippen molar-refractivity contribution in [3.8, 4) is 11.5 Å². The maximum atomic E-state index is 12.6. The molecular formula is C23H26N4O2. The van der Waals surface area contributed by atoms with Crippen LogP contribution in [0.25, 0.3) is 11.5 Å². The largest absolute Gasteiger partial charge is 0.334 e. The number of hydrogen-bond donors (Lipinski definition) is 1. The maximum absolute atomic E-state index is 12.6. The normalized spacial score (nSPS) is 15.4. The van der Waals surface area contributed by atoms with Gasteiger partial charge in [-0.2, -0.15) is 4.98 Å². The molecule has 0 bridgehead atoms. The number of piperidine rings is 1. The molecule has 150 valence electrons. The van der Waals surface area contributed by atoms with Crippen molar-refractivity contribution in [1.82, 2.24) is 15.0 Å². The highest BCUT2D eigenvalue weighted by Gasteiger charge is 2.26. The Morgan fingerprint density at radius 2 is 1.86 bits per heavy atom. The zero-order valence-electron chi connectivity index (χ0n) is 16.9. The first kappa shape index (κ1) is 19.3. The van der Waals surface area contributed by atoms with E-state index in [1.165, 1.54) is 5.56 Å². The summed E-state index contributed by atoms with van der Waals surface area (Å²) < 4.78 is 5.42. The fraction of sp³-hybridized carbons (Fsp3) is 0.348. The molecule has 3 aromatic rings. The van der Waals surface area contributed by atoms with Crippen LogP contribution >= 0.6 is 0 Å². The molecule has 0 unspecified atom stereocenters. The number of anilines is 1. The third-order valence-electron chi connectivity index (χ3n) is 5.38. The highest BCUT2D eigenvalue weighted by molar-refractivity contribution is 5.92. The van der Waals surface area contributed by atoms with Crippen LogP contribution in [-0.4, -0.2) is 34.0 Å². The van der Waals surface area contributed by atoms with E-state index in [4.69, 9.17) is 4.52 Å². The van der Waals surface area contributed by atoms with Gasteiger partial charge in [0.05, 0.1) is 6.54 Å². The lowest BCUT2D eigenvalue weighted by atomic mass is 9.95. The molecule has 1 aliphatic heterocycles. The standard InChI is InChI=1S/C23H26N4O2/c1-16-6-8-19(9-7-16)23-25-21(26-29-23)15-27-12-10-18(11-13-27)22(28)24-20-5-3-4-17(2)14-20/h3-9,14,18H,10-13,15H2,1-2H3,(H,24,28). The first-order chi connectivity index (χ1) is 14.1. The Morgan fingerprint density at radius 1 is 1.10 bits per heavy atom. The van der Waals surface area contributed by atoms with Crippen molar-refractivity contribution >= 4 is 11.6 Å². The van der Waals surface area contributed by atoms with Gasteiger partial charge in [0.1, 0.15) is 0 Å². The molecule has 0 aliphatic carbocycles. The SMILES string of the molecule is Cc1ccc(-c2nc(CN3CCC(C(=O)Nc4cccc(C)c4)CC3)no2)cc1. The average Bonchev–Trinajstić information content (AvgIpc) is 3.17. The van der Waals surface area contributed by atoms with Gasteiger partial charge in [-0.15, -0.1) is 0 Å². The lowest BCUT2D eigenvalue weighted by Crippen LogP contribution is -2.38. The van der Waals surface area contributed by atoms with E-state index in [1.54, 1.807) is 0 Å². The smallest absolute Gasteiger partial charge is 0.257 e. The second-order valence-corrected chi connectivity index (χ2v) is 7.79. The van der Waals surface area contributed by atoms with Gasteiger partial charge in [-0.3, -0.25) is 9.69 Å². The van der Waals surface area contributed by atoms with Crippen molar-refractivity contribution in [3.05, 3.63) is 65.5 Å². The number of benzene rings is 2. The molecule has 1 saturated heterocycles. The fourth-order valence-corrected chi connectivity index (χ4v) is 3.65. The van der Waals surface area contributed by atoms with E-state index in [-0.39, 0.29) is 11.8 Å². The molecule has 1 amide bonds. The molecule has 1 aliphatic rings. The predicted molar refractivity (Wildman–Crippen MR) is 112 cm³/mol. The molecule has 2 aromatic carbocycles. The molecule has 29 heavy (non-hydrogen) atoms. The van der Waals surface area contributed by atoms with Gasteiger partial charge >= 0.3 is 0 Å². The minimum atomic E-state index is 0.0418. The number of nitrogens with zero attached hydrogens (tertiary/aromatic N) is 3. The number of carbonyl (C=O) groups excluding carboxylic acids is 1. The molecule has 6 nitrogen and oxygen atoms in total. The zero-order chi connectivity index (χ0) is 20.2. The van der Waals surface area contributed by atoms with E-state index >= 15 is 0 Å². The van der Waals surface area contributed by atoms with Crippen molar-refractivity contribution < 1.29 is 9.32 Å². The minimum absolute atomic E-state index is 0.0418. The Kier molecular flexibility index (Phi) is 5.71.